The van der Waals surface area contributed by atoms with E-state index in [1.165, 1.54) is 6.07 Å². The van der Waals surface area contributed by atoms with Crippen LogP contribution in [0.15, 0.2) is 29.3 Å². The number of phenolic OH excluding ortho intramolecular Hbond substituents is 1. The zero-order chi connectivity index (χ0) is 9.68. The van der Waals surface area contributed by atoms with E-state index in [0.29, 0.717) is 5.56 Å². The Bertz CT molecular complexity index is 370. The molecule has 66 valence electrons. The molecule has 1 aromatic carbocycles. The average molecular weight is 193 g/mol. The van der Waals surface area contributed by atoms with Crippen LogP contribution in [0.1, 0.15) is 5.56 Å². The fourth-order valence-electron chi connectivity index (χ4n) is 0.914. The van der Waals surface area contributed by atoms with Crippen LogP contribution in [-0.4, -0.2) is 16.2 Å². The van der Waals surface area contributed by atoms with E-state index >= 15 is 0 Å². The molecule has 0 saturated carbocycles. The van der Waals surface area contributed by atoms with Gasteiger partial charge in [0.05, 0.1) is 11.6 Å². The number of thiocarbonyl (C=S) groups is 1. The fourth-order valence-corrected chi connectivity index (χ4v) is 1.02. The Hall–Kier alpha value is -1.51. The Kier molecular flexibility index (Phi) is 3.31. The van der Waals surface area contributed by atoms with Gasteiger partial charge >= 0.3 is 0 Å². The zero-order valence-corrected chi connectivity index (χ0v) is 7.54. The maximum absolute atomic E-state index is 11.0. The van der Waals surface area contributed by atoms with Gasteiger partial charge in [-0.2, -0.15) is 4.99 Å². The Labute approximate surface area is 80.7 Å². The summed E-state index contributed by atoms with van der Waals surface area (Å²) in [7, 11) is 0. The summed E-state index contributed by atoms with van der Waals surface area (Å²) in [5.41, 5.74) is 0.543. The van der Waals surface area contributed by atoms with Crippen LogP contribution < -0.4 is 0 Å². The first-order chi connectivity index (χ1) is 6.24. The molecular formula is C9H7NO2S. The molecule has 0 heterocycles. The van der Waals surface area contributed by atoms with Gasteiger partial charge < -0.3 is 5.11 Å². The van der Waals surface area contributed by atoms with Crippen molar-refractivity contribution in [1.29, 1.82) is 0 Å². The van der Waals surface area contributed by atoms with E-state index in [0.717, 1.165) is 0 Å². The molecule has 3 nitrogen and oxygen atoms in total. The molecule has 1 aromatic rings. The maximum Gasteiger partial charge on any atom is 0.259 e. The zero-order valence-electron chi connectivity index (χ0n) is 6.73. The van der Waals surface area contributed by atoms with Crippen LogP contribution in [0.5, 0.6) is 5.75 Å². The van der Waals surface area contributed by atoms with E-state index in [2.05, 4.69) is 17.2 Å². The molecule has 13 heavy (non-hydrogen) atoms. The largest absolute Gasteiger partial charge is 0.508 e. The highest BCUT2D eigenvalue weighted by Crippen LogP contribution is 2.16. The second-order valence-corrected chi connectivity index (χ2v) is 2.58. The van der Waals surface area contributed by atoms with Gasteiger partial charge in [0, 0.05) is 5.56 Å². The van der Waals surface area contributed by atoms with E-state index in [-0.39, 0.29) is 12.2 Å². The molecule has 0 radical (unpaired) electrons. The molecule has 0 spiro atoms. The summed E-state index contributed by atoms with van der Waals surface area (Å²) in [6, 6.07) is 6.60. The lowest BCUT2D eigenvalue weighted by atomic mass is 10.1. The van der Waals surface area contributed by atoms with Gasteiger partial charge in [-0.3, -0.25) is 4.79 Å². The Morgan fingerprint density at radius 3 is 2.85 bits per heavy atom. The Balaban J connectivity index is 2.80. The Morgan fingerprint density at radius 1 is 1.54 bits per heavy atom. The standard InChI is InChI=1S/C9H7NO2S/c11-8-4-2-1-3-7(8)5-9(12)10-6-13/h1-4,11H,5H2. The summed E-state index contributed by atoms with van der Waals surface area (Å²) < 4.78 is 0. The normalized spacial score (nSPS) is 8.92. The van der Waals surface area contributed by atoms with Crippen LogP contribution >= 0.6 is 12.2 Å². The first kappa shape index (κ1) is 9.58. The van der Waals surface area contributed by atoms with Gasteiger partial charge in [0.1, 0.15) is 5.75 Å². The van der Waals surface area contributed by atoms with Gasteiger partial charge in [-0.05, 0) is 18.3 Å². The summed E-state index contributed by atoms with van der Waals surface area (Å²) in [6.45, 7) is 0. The van der Waals surface area contributed by atoms with Crippen molar-refractivity contribution in [1.82, 2.24) is 0 Å². The second kappa shape index (κ2) is 4.50. The molecule has 1 rings (SSSR count). The van der Waals surface area contributed by atoms with Crippen molar-refractivity contribution < 1.29 is 9.90 Å². The molecule has 1 amide bonds. The molecule has 4 heteroatoms. The Morgan fingerprint density at radius 2 is 2.23 bits per heavy atom. The lowest BCUT2D eigenvalue weighted by molar-refractivity contribution is -0.117. The number of carbonyl (C=O) groups excluding carboxylic acids is 1. The van der Waals surface area contributed by atoms with Crippen molar-refractivity contribution in [2.45, 2.75) is 6.42 Å². The lowest BCUT2D eigenvalue weighted by Crippen LogP contribution is -1.98. The van der Waals surface area contributed by atoms with Crippen LogP contribution in [0.2, 0.25) is 0 Å². The van der Waals surface area contributed by atoms with Crippen molar-refractivity contribution in [3.05, 3.63) is 29.8 Å². The minimum absolute atomic E-state index is 0.0519. The number of nitrogens with zero attached hydrogens (tertiary/aromatic N) is 1. The third kappa shape index (κ3) is 2.78. The highest BCUT2D eigenvalue weighted by atomic mass is 32.1. The number of aromatic hydroxyl groups is 1. The van der Waals surface area contributed by atoms with Crippen molar-refractivity contribution in [3.63, 3.8) is 0 Å². The van der Waals surface area contributed by atoms with Crippen LogP contribution in [0.4, 0.5) is 0 Å². The summed E-state index contributed by atoms with van der Waals surface area (Å²) in [4.78, 5) is 14.2. The molecule has 0 atom stereocenters. The SMILES string of the molecule is O=C(Cc1ccccc1O)N=C=S. The third-order valence-electron chi connectivity index (χ3n) is 1.50. The number of carbonyl (C=O) groups is 1. The molecular weight excluding hydrogens is 186 g/mol. The molecule has 0 unspecified atom stereocenters. The van der Waals surface area contributed by atoms with Crippen LogP contribution in [-0.2, 0) is 11.2 Å². The van der Waals surface area contributed by atoms with Gasteiger partial charge in [-0.15, -0.1) is 0 Å². The van der Waals surface area contributed by atoms with E-state index in [9.17, 15) is 9.90 Å². The first-order valence-electron chi connectivity index (χ1n) is 3.61. The molecule has 0 aromatic heterocycles. The van der Waals surface area contributed by atoms with Crippen molar-refractivity contribution >= 4 is 23.3 Å². The van der Waals surface area contributed by atoms with Gasteiger partial charge in [0.15, 0.2) is 0 Å². The van der Waals surface area contributed by atoms with Crippen LogP contribution in [0.25, 0.3) is 0 Å². The van der Waals surface area contributed by atoms with E-state index in [1.54, 1.807) is 18.2 Å². The van der Waals surface area contributed by atoms with Crippen LogP contribution in [0, 0.1) is 0 Å². The molecule has 1 N–H and O–H groups in total. The first-order valence-corrected chi connectivity index (χ1v) is 4.02. The summed E-state index contributed by atoms with van der Waals surface area (Å²) in [5, 5.41) is 11.3. The van der Waals surface area contributed by atoms with E-state index in [1.807, 2.05) is 5.16 Å². The number of amides is 1. The molecule has 0 aliphatic heterocycles. The number of hydrogen-bond donors (Lipinski definition) is 1. The lowest BCUT2D eigenvalue weighted by Gasteiger charge is -1.99. The van der Waals surface area contributed by atoms with Gasteiger partial charge in [-0.1, -0.05) is 18.2 Å². The minimum Gasteiger partial charge on any atom is -0.508 e. The number of phenols is 1. The molecule has 0 fully saturated rings. The fraction of sp³-hybridized carbons (Fsp3) is 0.111. The van der Waals surface area contributed by atoms with E-state index in [4.69, 9.17) is 0 Å². The average Bonchev–Trinajstić information content (AvgIpc) is 2.09. The van der Waals surface area contributed by atoms with Crippen LogP contribution in [0.3, 0.4) is 0 Å². The highest BCUT2D eigenvalue weighted by Gasteiger charge is 2.04. The second-order valence-electron chi connectivity index (χ2n) is 2.40. The predicted molar refractivity (Wildman–Crippen MR) is 51.8 cm³/mol. The smallest absolute Gasteiger partial charge is 0.259 e. The maximum atomic E-state index is 11.0. The molecule has 0 aliphatic rings. The topological polar surface area (TPSA) is 49.7 Å². The predicted octanol–water partition coefficient (Wildman–Crippen LogP) is 1.56. The third-order valence-corrected chi connectivity index (χ3v) is 1.59. The van der Waals surface area contributed by atoms with Gasteiger partial charge in [0.2, 0.25) is 0 Å². The monoisotopic (exact) mass is 193 g/mol. The number of hydrogen-bond acceptors (Lipinski definition) is 3. The molecule has 0 bridgehead atoms. The summed E-state index contributed by atoms with van der Waals surface area (Å²) in [5.74, 6) is -0.313. The van der Waals surface area contributed by atoms with E-state index < -0.39 is 5.91 Å². The number of benzene rings is 1. The highest BCUT2D eigenvalue weighted by molar-refractivity contribution is 7.78. The molecule has 0 saturated heterocycles. The summed E-state index contributed by atoms with van der Waals surface area (Å²) in [6.07, 6.45) is 0.0519. The van der Waals surface area contributed by atoms with Crippen molar-refractivity contribution in [2.75, 3.05) is 0 Å². The quantitative estimate of drug-likeness (QED) is 0.573. The summed E-state index contributed by atoms with van der Waals surface area (Å²) >= 11 is 4.28. The van der Waals surface area contributed by atoms with Gasteiger partial charge in [0.25, 0.3) is 5.91 Å². The molecule has 0 aliphatic carbocycles. The number of aliphatic imine (C=N–C) groups is 1. The van der Waals surface area contributed by atoms with Crippen molar-refractivity contribution in [3.8, 4) is 5.75 Å². The van der Waals surface area contributed by atoms with Gasteiger partial charge in [-0.25, -0.2) is 0 Å². The minimum atomic E-state index is -0.406. The van der Waals surface area contributed by atoms with Crippen molar-refractivity contribution in [2.24, 2.45) is 4.99 Å². The number of para-hydroxylation sites is 1. The number of isothiocyanates is 1. The number of rotatable bonds is 2.